The molecule has 0 bridgehead atoms. The minimum Gasteiger partial charge on any atom is -0.444 e. The Morgan fingerprint density at radius 2 is 2.00 bits per heavy atom. The van der Waals surface area contributed by atoms with E-state index in [-0.39, 0.29) is 17.9 Å². The van der Waals surface area contributed by atoms with Gasteiger partial charge in [-0.1, -0.05) is 30.3 Å². The molecule has 2 saturated heterocycles. The second kappa shape index (κ2) is 6.11. The van der Waals surface area contributed by atoms with E-state index in [2.05, 4.69) is 17.4 Å². The van der Waals surface area contributed by atoms with E-state index in [0.29, 0.717) is 19.6 Å². The molecule has 0 saturated carbocycles. The van der Waals surface area contributed by atoms with Gasteiger partial charge in [-0.25, -0.2) is 4.79 Å². The highest BCUT2D eigenvalue weighted by Gasteiger charge is 2.53. The molecule has 2 atom stereocenters. The van der Waals surface area contributed by atoms with E-state index in [4.69, 9.17) is 4.74 Å². The lowest BCUT2D eigenvalue weighted by atomic mass is 9.69. The van der Waals surface area contributed by atoms with Crippen molar-refractivity contribution in [1.29, 1.82) is 0 Å². The zero-order chi connectivity index (χ0) is 17.4. The van der Waals surface area contributed by atoms with Gasteiger partial charge >= 0.3 is 6.09 Å². The summed E-state index contributed by atoms with van der Waals surface area (Å²) in [5, 5.41) is 3.02. The molecule has 2 amide bonds. The van der Waals surface area contributed by atoms with Crippen LogP contribution in [0.3, 0.4) is 0 Å². The molecular formula is C19H26N2O3. The van der Waals surface area contributed by atoms with Crippen molar-refractivity contribution in [1.82, 2.24) is 10.2 Å². The Bertz CT molecular complexity index is 623. The molecule has 5 nitrogen and oxygen atoms in total. The van der Waals surface area contributed by atoms with Crippen molar-refractivity contribution in [3.63, 3.8) is 0 Å². The van der Waals surface area contributed by atoms with Gasteiger partial charge in [-0.15, -0.1) is 0 Å². The SMILES string of the molecule is CC(C)(C)OC(=O)N1CCC[C@@]2(C1)C(=O)NC[C@@H]2c1ccccc1. The number of likely N-dealkylation sites (tertiary alicyclic amines) is 1. The molecule has 2 aliphatic heterocycles. The number of benzene rings is 1. The quantitative estimate of drug-likeness (QED) is 0.861. The molecule has 1 N–H and O–H groups in total. The Kier molecular flexibility index (Phi) is 4.28. The summed E-state index contributed by atoms with van der Waals surface area (Å²) < 4.78 is 5.51. The molecular weight excluding hydrogens is 304 g/mol. The van der Waals surface area contributed by atoms with Crippen molar-refractivity contribution in [3.8, 4) is 0 Å². The fraction of sp³-hybridized carbons (Fsp3) is 0.579. The maximum atomic E-state index is 12.7. The van der Waals surface area contributed by atoms with E-state index in [0.717, 1.165) is 18.4 Å². The predicted molar refractivity (Wildman–Crippen MR) is 91.7 cm³/mol. The van der Waals surface area contributed by atoms with Crippen molar-refractivity contribution < 1.29 is 14.3 Å². The molecule has 1 aromatic rings. The highest BCUT2D eigenvalue weighted by molar-refractivity contribution is 5.87. The lowest BCUT2D eigenvalue weighted by molar-refractivity contribution is -0.130. The second-order valence-corrected chi connectivity index (χ2v) is 7.83. The van der Waals surface area contributed by atoms with Crippen LogP contribution >= 0.6 is 0 Å². The molecule has 3 rings (SSSR count). The Hall–Kier alpha value is -2.04. The molecule has 0 aliphatic carbocycles. The highest BCUT2D eigenvalue weighted by atomic mass is 16.6. The van der Waals surface area contributed by atoms with E-state index in [9.17, 15) is 9.59 Å². The maximum absolute atomic E-state index is 12.7. The van der Waals surface area contributed by atoms with Gasteiger partial charge in [-0.3, -0.25) is 4.79 Å². The summed E-state index contributed by atoms with van der Waals surface area (Å²) in [5.41, 5.74) is 0.0801. The van der Waals surface area contributed by atoms with Crippen molar-refractivity contribution in [3.05, 3.63) is 35.9 Å². The first-order chi connectivity index (χ1) is 11.3. The van der Waals surface area contributed by atoms with Crippen LogP contribution < -0.4 is 5.32 Å². The molecule has 24 heavy (non-hydrogen) atoms. The van der Waals surface area contributed by atoms with E-state index in [1.165, 1.54) is 0 Å². The highest BCUT2D eigenvalue weighted by Crippen LogP contribution is 2.46. The molecule has 2 heterocycles. The topological polar surface area (TPSA) is 58.6 Å². The Morgan fingerprint density at radius 3 is 2.67 bits per heavy atom. The van der Waals surface area contributed by atoms with Crippen molar-refractivity contribution in [2.24, 2.45) is 5.41 Å². The van der Waals surface area contributed by atoms with Gasteiger partial charge in [0, 0.05) is 25.6 Å². The second-order valence-electron chi connectivity index (χ2n) is 7.83. The summed E-state index contributed by atoms with van der Waals surface area (Å²) in [6.07, 6.45) is 1.29. The van der Waals surface area contributed by atoms with Gasteiger partial charge in [-0.05, 0) is 39.2 Å². The van der Waals surface area contributed by atoms with Gasteiger partial charge in [-0.2, -0.15) is 0 Å². The number of ether oxygens (including phenoxy) is 1. The van der Waals surface area contributed by atoms with Gasteiger partial charge in [0.25, 0.3) is 0 Å². The van der Waals surface area contributed by atoms with Crippen LogP contribution in [0.15, 0.2) is 30.3 Å². The third-order valence-electron chi connectivity index (χ3n) is 4.96. The number of piperidine rings is 1. The van der Waals surface area contributed by atoms with Crippen molar-refractivity contribution >= 4 is 12.0 Å². The Labute approximate surface area is 143 Å². The summed E-state index contributed by atoms with van der Waals surface area (Å²) in [6.45, 7) is 7.28. The van der Waals surface area contributed by atoms with E-state index < -0.39 is 11.0 Å². The molecule has 130 valence electrons. The summed E-state index contributed by atoms with van der Waals surface area (Å²) in [4.78, 5) is 26.9. The van der Waals surface area contributed by atoms with Gasteiger partial charge in [0.15, 0.2) is 0 Å². The first kappa shape index (κ1) is 16.8. The third kappa shape index (κ3) is 3.12. The lowest BCUT2D eigenvalue weighted by Crippen LogP contribution is -2.52. The van der Waals surface area contributed by atoms with Crippen molar-refractivity contribution in [2.75, 3.05) is 19.6 Å². The van der Waals surface area contributed by atoms with Crippen LogP contribution in [0.25, 0.3) is 0 Å². The molecule has 2 aliphatic rings. The minimum absolute atomic E-state index is 0.0598. The lowest BCUT2D eigenvalue weighted by Gasteiger charge is -2.42. The number of hydrogen-bond donors (Lipinski definition) is 1. The van der Waals surface area contributed by atoms with Crippen LogP contribution in [0.2, 0.25) is 0 Å². The number of hydrogen-bond acceptors (Lipinski definition) is 3. The van der Waals surface area contributed by atoms with Gasteiger partial charge in [0.2, 0.25) is 5.91 Å². The summed E-state index contributed by atoms with van der Waals surface area (Å²) in [6, 6.07) is 10.1. The smallest absolute Gasteiger partial charge is 0.410 e. The van der Waals surface area contributed by atoms with E-state index >= 15 is 0 Å². The Morgan fingerprint density at radius 1 is 1.29 bits per heavy atom. The average Bonchev–Trinajstić information content (AvgIpc) is 2.83. The maximum Gasteiger partial charge on any atom is 0.410 e. The molecule has 2 fully saturated rings. The standard InChI is InChI=1S/C19H26N2O3/c1-18(2,3)24-17(23)21-11-7-10-19(13-21)15(12-20-16(19)22)14-8-5-4-6-9-14/h4-6,8-9,15H,7,10-13H2,1-3H3,(H,20,22)/t15-,19+/m1/s1. The van der Waals surface area contributed by atoms with Crippen LogP contribution in [0, 0.1) is 5.41 Å². The number of nitrogens with zero attached hydrogens (tertiary/aromatic N) is 1. The zero-order valence-electron chi connectivity index (χ0n) is 14.7. The van der Waals surface area contributed by atoms with E-state index in [1.54, 1.807) is 4.90 Å². The molecule has 0 radical (unpaired) electrons. The summed E-state index contributed by atoms with van der Waals surface area (Å²) >= 11 is 0. The normalized spacial score (nSPS) is 27.2. The van der Waals surface area contributed by atoms with Crippen LogP contribution in [0.4, 0.5) is 4.79 Å². The van der Waals surface area contributed by atoms with Crippen LogP contribution in [0.5, 0.6) is 0 Å². The van der Waals surface area contributed by atoms with Crippen molar-refractivity contribution in [2.45, 2.75) is 45.1 Å². The van der Waals surface area contributed by atoms with Gasteiger partial charge in [0.1, 0.15) is 5.60 Å². The van der Waals surface area contributed by atoms with E-state index in [1.807, 2.05) is 39.0 Å². The van der Waals surface area contributed by atoms with Crippen LogP contribution in [0.1, 0.15) is 45.1 Å². The van der Waals surface area contributed by atoms with Crippen LogP contribution in [-0.2, 0) is 9.53 Å². The number of amides is 2. The molecule has 1 spiro atoms. The van der Waals surface area contributed by atoms with Crippen LogP contribution in [-0.4, -0.2) is 42.1 Å². The fourth-order valence-corrected chi connectivity index (χ4v) is 3.88. The fourth-order valence-electron chi connectivity index (χ4n) is 3.88. The number of carbonyl (C=O) groups is 2. The zero-order valence-corrected chi connectivity index (χ0v) is 14.7. The molecule has 1 aromatic carbocycles. The minimum atomic E-state index is -0.545. The first-order valence-corrected chi connectivity index (χ1v) is 8.63. The average molecular weight is 330 g/mol. The largest absolute Gasteiger partial charge is 0.444 e. The monoisotopic (exact) mass is 330 g/mol. The van der Waals surface area contributed by atoms with Gasteiger partial charge in [0.05, 0.1) is 5.41 Å². The first-order valence-electron chi connectivity index (χ1n) is 8.63. The number of rotatable bonds is 1. The van der Waals surface area contributed by atoms with Gasteiger partial charge < -0.3 is 15.0 Å². The molecule has 0 unspecified atom stereocenters. The third-order valence-corrected chi connectivity index (χ3v) is 4.96. The Balaban J connectivity index is 1.84. The molecule has 5 heteroatoms. The summed E-state index contributed by atoms with van der Waals surface area (Å²) in [7, 11) is 0. The number of nitrogens with one attached hydrogen (secondary N) is 1. The summed E-state index contributed by atoms with van der Waals surface area (Å²) in [5.74, 6) is 0.154. The predicted octanol–water partition coefficient (Wildman–Crippen LogP) is 2.92. The molecule has 0 aromatic heterocycles. The number of carbonyl (C=O) groups excluding carboxylic acids is 2.